The summed E-state index contributed by atoms with van der Waals surface area (Å²) in [6, 6.07) is 19.9. The summed E-state index contributed by atoms with van der Waals surface area (Å²) < 4.78 is 8.81. The Bertz CT molecular complexity index is 2150. The average molecular weight is 691 g/mol. The van der Waals surface area contributed by atoms with Crippen LogP contribution in [0.3, 0.4) is 0 Å². The molecule has 250 valence electrons. The van der Waals surface area contributed by atoms with E-state index < -0.39 is 11.9 Å². The number of amides is 1. The summed E-state index contributed by atoms with van der Waals surface area (Å²) in [5.41, 5.74) is 17.4. The van der Waals surface area contributed by atoms with E-state index in [1.165, 1.54) is 23.3 Å². The zero-order valence-electron chi connectivity index (χ0n) is 27.7. The number of methoxy groups -OCH3 is 1. The highest BCUT2D eigenvalue weighted by molar-refractivity contribution is 7.21. The lowest BCUT2D eigenvalue weighted by atomic mass is 9.81. The van der Waals surface area contributed by atoms with Crippen molar-refractivity contribution < 1.29 is 19.4 Å². The zero-order chi connectivity index (χ0) is 34.4. The highest BCUT2D eigenvalue weighted by Gasteiger charge is 2.34. The standard InChI is InChI=1S/C41H39ClN2O4S/c1-23-10-17-32-34(30(23)16-9-24(2)33-20-29(48-3)15-18-31(33)25-11-13-28(42)14-12-25)19-27(40(43)45)22-44-35-21-36(41(46)47)49-39(35)37(38(32)44)26-7-5-4-6-8-26/h9-18,20-21,26-27H,2,4-8,19,22H2,1,3H3,(H2,43,45)(H,46,47)/b16-9-. The molecule has 2 aliphatic rings. The molecule has 1 fully saturated rings. The molecule has 0 spiro atoms. The number of primary amides is 1. The van der Waals surface area contributed by atoms with Gasteiger partial charge in [0, 0.05) is 17.1 Å². The first-order chi connectivity index (χ1) is 23.6. The third-order valence-electron chi connectivity index (χ3n) is 10.3. The third-order valence-corrected chi connectivity index (χ3v) is 11.7. The van der Waals surface area contributed by atoms with Crippen LogP contribution in [0, 0.1) is 12.8 Å². The van der Waals surface area contributed by atoms with Crippen molar-refractivity contribution in [2.75, 3.05) is 7.11 Å². The van der Waals surface area contributed by atoms with Crippen LogP contribution in [0.4, 0.5) is 0 Å². The Labute approximate surface area is 295 Å². The second kappa shape index (κ2) is 13.4. The second-order valence-corrected chi connectivity index (χ2v) is 14.7. The summed E-state index contributed by atoms with van der Waals surface area (Å²) in [4.78, 5) is 25.5. The Kier molecular flexibility index (Phi) is 8.99. The molecule has 3 aromatic carbocycles. The number of nitrogens with zero attached hydrogens (tertiary/aromatic N) is 1. The van der Waals surface area contributed by atoms with Crippen molar-refractivity contribution in [3.63, 3.8) is 0 Å². The molecule has 1 unspecified atom stereocenters. The molecule has 3 heterocycles. The van der Waals surface area contributed by atoms with Gasteiger partial charge in [0.05, 0.1) is 28.9 Å². The van der Waals surface area contributed by atoms with E-state index in [-0.39, 0.29) is 5.91 Å². The van der Waals surface area contributed by atoms with Crippen LogP contribution in [-0.2, 0) is 17.8 Å². The van der Waals surface area contributed by atoms with Gasteiger partial charge >= 0.3 is 5.97 Å². The van der Waals surface area contributed by atoms with Crippen LogP contribution >= 0.6 is 22.9 Å². The van der Waals surface area contributed by atoms with E-state index in [9.17, 15) is 14.7 Å². The van der Waals surface area contributed by atoms with Gasteiger partial charge in [0.1, 0.15) is 10.6 Å². The number of fused-ring (bicyclic) bond motifs is 5. The number of hydrogen-bond acceptors (Lipinski definition) is 4. The molecule has 1 aliphatic carbocycles. The summed E-state index contributed by atoms with van der Waals surface area (Å²) in [6.07, 6.45) is 10.3. The van der Waals surface area contributed by atoms with E-state index in [1.807, 2.05) is 48.5 Å². The Morgan fingerprint density at radius 2 is 1.78 bits per heavy atom. The maximum atomic E-state index is 13.1. The maximum Gasteiger partial charge on any atom is 0.345 e. The number of rotatable bonds is 8. The van der Waals surface area contributed by atoms with Gasteiger partial charge < -0.3 is 20.1 Å². The highest BCUT2D eigenvalue weighted by atomic mass is 35.5. The van der Waals surface area contributed by atoms with Crippen LogP contribution in [0.2, 0.25) is 5.02 Å². The number of ether oxygens (including phenoxy) is 1. The number of halogens is 1. The lowest BCUT2D eigenvalue weighted by Gasteiger charge is -2.24. The van der Waals surface area contributed by atoms with Crippen LogP contribution in [0.25, 0.3) is 44.3 Å². The number of aryl methyl sites for hydroxylation is 1. The van der Waals surface area contributed by atoms with Crippen LogP contribution < -0.4 is 10.5 Å². The minimum atomic E-state index is -0.927. The van der Waals surface area contributed by atoms with Crippen molar-refractivity contribution in [1.82, 2.24) is 4.57 Å². The average Bonchev–Trinajstić information content (AvgIpc) is 3.61. The van der Waals surface area contributed by atoms with Crippen LogP contribution in [0.1, 0.15) is 75.5 Å². The first kappa shape index (κ1) is 32.9. The maximum absolute atomic E-state index is 13.1. The molecule has 0 saturated heterocycles. The Balaban J connectivity index is 1.39. The van der Waals surface area contributed by atoms with Gasteiger partial charge in [-0.2, -0.15) is 0 Å². The minimum absolute atomic E-state index is 0.319. The third kappa shape index (κ3) is 6.11. The van der Waals surface area contributed by atoms with Gasteiger partial charge in [0.15, 0.2) is 0 Å². The molecule has 8 heteroatoms. The monoisotopic (exact) mass is 690 g/mol. The lowest BCUT2D eigenvalue weighted by molar-refractivity contribution is -0.122. The zero-order valence-corrected chi connectivity index (χ0v) is 29.3. The second-order valence-electron chi connectivity index (χ2n) is 13.2. The highest BCUT2D eigenvalue weighted by Crippen LogP contribution is 2.49. The Hall–Kier alpha value is -4.59. The van der Waals surface area contributed by atoms with Gasteiger partial charge in [-0.3, -0.25) is 4.79 Å². The quantitative estimate of drug-likeness (QED) is 0.158. The number of thiophene rings is 1. The molecule has 7 rings (SSSR count). The molecular weight excluding hydrogens is 652 g/mol. The normalized spacial score (nSPS) is 16.3. The summed E-state index contributed by atoms with van der Waals surface area (Å²) >= 11 is 7.55. The molecule has 6 nitrogen and oxygen atoms in total. The summed E-state index contributed by atoms with van der Waals surface area (Å²) in [7, 11) is 1.65. The number of nitrogens with two attached hydrogens (primary N) is 1. The lowest BCUT2D eigenvalue weighted by Crippen LogP contribution is -2.28. The van der Waals surface area contributed by atoms with Crippen LogP contribution in [0.15, 0.2) is 73.3 Å². The van der Waals surface area contributed by atoms with Crippen molar-refractivity contribution in [1.29, 1.82) is 0 Å². The topological polar surface area (TPSA) is 94.6 Å². The summed E-state index contributed by atoms with van der Waals surface area (Å²) in [5, 5.41) is 10.6. The van der Waals surface area contributed by atoms with E-state index in [0.717, 1.165) is 91.9 Å². The SMILES string of the molecule is C=C(/C=C\c1c(C)ccc2c1CC(C(N)=O)Cn1c-2c(C2CCCCC2)c2sc(C(=O)O)cc21)c1cc(OC)ccc1-c1ccc(Cl)cc1. The fourth-order valence-corrected chi connectivity index (χ4v) is 9.00. The number of allylic oxidation sites excluding steroid dienone is 2. The molecule has 5 aromatic rings. The molecule has 1 atom stereocenters. The van der Waals surface area contributed by atoms with Crippen molar-refractivity contribution in [2.24, 2.45) is 11.7 Å². The molecule has 0 radical (unpaired) electrons. The Morgan fingerprint density at radius 1 is 1.04 bits per heavy atom. The number of aromatic carboxylic acids is 1. The number of hydrogen-bond donors (Lipinski definition) is 2. The molecule has 3 N–H and O–H groups in total. The van der Waals surface area contributed by atoms with E-state index in [0.29, 0.717) is 28.8 Å². The van der Waals surface area contributed by atoms with Crippen molar-refractivity contribution >= 4 is 56.7 Å². The van der Waals surface area contributed by atoms with Gasteiger partial charge in [-0.25, -0.2) is 4.79 Å². The smallest absolute Gasteiger partial charge is 0.345 e. The number of carboxylic acid groups (broad SMARTS) is 1. The van der Waals surface area contributed by atoms with Crippen molar-refractivity contribution in [2.45, 2.75) is 57.9 Å². The number of carbonyl (C=O) groups excluding carboxylic acids is 1. The molecule has 2 aromatic heterocycles. The van der Waals surface area contributed by atoms with E-state index >= 15 is 0 Å². The van der Waals surface area contributed by atoms with Crippen molar-refractivity contribution in [3.05, 3.63) is 111 Å². The molecular formula is C41H39ClN2O4S. The van der Waals surface area contributed by atoms with Crippen molar-refractivity contribution in [3.8, 4) is 28.1 Å². The molecule has 1 aliphatic heterocycles. The molecule has 0 bridgehead atoms. The predicted molar refractivity (Wildman–Crippen MR) is 201 cm³/mol. The Morgan fingerprint density at radius 3 is 2.47 bits per heavy atom. The van der Waals surface area contributed by atoms with Crippen LogP contribution in [0.5, 0.6) is 5.75 Å². The van der Waals surface area contributed by atoms with Gasteiger partial charge in [0.25, 0.3) is 0 Å². The minimum Gasteiger partial charge on any atom is -0.497 e. The van der Waals surface area contributed by atoms with Gasteiger partial charge in [-0.1, -0.05) is 79.9 Å². The summed E-state index contributed by atoms with van der Waals surface area (Å²) in [5.74, 6) is -0.693. The van der Waals surface area contributed by atoms with E-state index in [1.54, 1.807) is 13.2 Å². The molecule has 49 heavy (non-hydrogen) atoms. The number of carboxylic acids is 1. The number of aromatic nitrogens is 1. The first-order valence-corrected chi connectivity index (χ1v) is 18.0. The largest absolute Gasteiger partial charge is 0.497 e. The number of benzene rings is 3. The number of carbonyl (C=O) groups is 2. The fourth-order valence-electron chi connectivity index (χ4n) is 7.75. The van der Waals surface area contributed by atoms with Gasteiger partial charge in [-0.15, -0.1) is 11.3 Å². The molecule has 1 amide bonds. The van der Waals surface area contributed by atoms with Gasteiger partial charge in [0.2, 0.25) is 5.91 Å². The van der Waals surface area contributed by atoms with Gasteiger partial charge in [-0.05, 0) is 107 Å². The summed E-state index contributed by atoms with van der Waals surface area (Å²) in [6.45, 7) is 6.98. The predicted octanol–water partition coefficient (Wildman–Crippen LogP) is 10.1. The fraction of sp³-hybridized carbons (Fsp3) is 0.268. The van der Waals surface area contributed by atoms with E-state index in [2.05, 4.69) is 36.3 Å². The van der Waals surface area contributed by atoms with Crippen LogP contribution in [-0.4, -0.2) is 28.7 Å². The first-order valence-electron chi connectivity index (χ1n) is 16.8. The van der Waals surface area contributed by atoms with E-state index in [4.69, 9.17) is 22.1 Å². The molecule has 1 saturated carbocycles.